The van der Waals surface area contributed by atoms with Crippen LogP contribution < -0.4 is 10.1 Å². The zero-order valence-electron chi connectivity index (χ0n) is 17.1. The maximum atomic E-state index is 13.0. The van der Waals surface area contributed by atoms with Gasteiger partial charge in [-0.1, -0.05) is 18.2 Å². The van der Waals surface area contributed by atoms with Gasteiger partial charge in [0, 0.05) is 17.6 Å². The van der Waals surface area contributed by atoms with Crippen LogP contribution in [0.1, 0.15) is 21.9 Å². The molecular formula is C23H20N6O2. The number of fused-ring (bicyclic) bond motifs is 2. The van der Waals surface area contributed by atoms with Crippen molar-refractivity contribution >= 4 is 28.1 Å². The molecule has 154 valence electrons. The molecule has 0 saturated heterocycles. The van der Waals surface area contributed by atoms with Crippen molar-refractivity contribution in [3.8, 4) is 5.88 Å². The van der Waals surface area contributed by atoms with Crippen LogP contribution >= 0.6 is 0 Å². The van der Waals surface area contributed by atoms with Crippen LogP contribution in [-0.2, 0) is 6.54 Å². The molecule has 4 aromatic heterocycles. The fraction of sp³-hybridized carbons (Fsp3) is 0.130. The molecule has 5 rings (SSSR count). The highest BCUT2D eigenvalue weighted by molar-refractivity contribution is 6.08. The van der Waals surface area contributed by atoms with Crippen molar-refractivity contribution in [2.24, 2.45) is 0 Å². The molecule has 0 unspecified atom stereocenters. The second-order valence-electron chi connectivity index (χ2n) is 7.14. The topological polar surface area (TPSA) is 86.3 Å². The number of nitrogens with zero attached hydrogens (tertiary/aromatic N) is 5. The normalized spacial score (nSPS) is 11.2. The van der Waals surface area contributed by atoms with E-state index in [1.807, 2.05) is 72.4 Å². The van der Waals surface area contributed by atoms with Gasteiger partial charge in [-0.3, -0.25) is 13.9 Å². The molecule has 1 aromatic carbocycles. The quantitative estimate of drug-likeness (QED) is 0.476. The van der Waals surface area contributed by atoms with Gasteiger partial charge in [-0.15, -0.1) is 0 Å². The second kappa shape index (κ2) is 7.56. The Morgan fingerprint density at radius 2 is 1.97 bits per heavy atom. The van der Waals surface area contributed by atoms with E-state index in [0.717, 1.165) is 27.9 Å². The predicted molar refractivity (Wildman–Crippen MR) is 118 cm³/mol. The summed E-state index contributed by atoms with van der Waals surface area (Å²) in [5.41, 5.74) is 4.48. The Bertz CT molecular complexity index is 1420. The van der Waals surface area contributed by atoms with Gasteiger partial charge in [0.1, 0.15) is 11.3 Å². The minimum atomic E-state index is -0.229. The molecule has 0 atom stereocenters. The summed E-state index contributed by atoms with van der Waals surface area (Å²) < 4.78 is 8.87. The number of hydrogen-bond donors (Lipinski definition) is 1. The Labute approximate surface area is 178 Å². The van der Waals surface area contributed by atoms with Crippen LogP contribution in [0.2, 0.25) is 0 Å². The lowest BCUT2D eigenvalue weighted by molar-refractivity contribution is 0.102. The van der Waals surface area contributed by atoms with E-state index in [1.54, 1.807) is 17.7 Å². The van der Waals surface area contributed by atoms with E-state index >= 15 is 0 Å². The Balaban J connectivity index is 1.49. The molecule has 1 amide bonds. The minimum absolute atomic E-state index is 0.229. The molecule has 0 aliphatic rings. The maximum Gasteiger partial charge on any atom is 0.274 e. The molecule has 0 radical (unpaired) electrons. The van der Waals surface area contributed by atoms with Gasteiger partial charge >= 0.3 is 0 Å². The molecule has 0 bridgehead atoms. The van der Waals surface area contributed by atoms with Crippen molar-refractivity contribution in [3.63, 3.8) is 0 Å². The third-order valence-corrected chi connectivity index (χ3v) is 5.15. The van der Waals surface area contributed by atoms with Crippen LogP contribution in [0.25, 0.3) is 16.6 Å². The largest absolute Gasteiger partial charge is 0.481 e. The lowest BCUT2D eigenvalue weighted by Crippen LogP contribution is -2.14. The van der Waals surface area contributed by atoms with Gasteiger partial charge in [0.05, 0.1) is 42.4 Å². The van der Waals surface area contributed by atoms with Crippen molar-refractivity contribution in [1.82, 2.24) is 24.1 Å². The first-order valence-electron chi connectivity index (χ1n) is 9.83. The molecule has 0 fully saturated rings. The summed E-state index contributed by atoms with van der Waals surface area (Å²) >= 11 is 0. The van der Waals surface area contributed by atoms with Crippen LogP contribution in [0.3, 0.4) is 0 Å². The smallest absolute Gasteiger partial charge is 0.274 e. The number of rotatable bonds is 5. The van der Waals surface area contributed by atoms with Gasteiger partial charge in [0.25, 0.3) is 5.91 Å². The summed E-state index contributed by atoms with van der Waals surface area (Å²) in [6, 6.07) is 17.0. The summed E-state index contributed by atoms with van der Waals surface area (Å²) in [5.74, 6) is 0.333. The van der Waals surface area contributed by atoms with Crippen molar-refractivity contribution < 1.29 is 9.53 Å². The van der Waals surface area contributed by atoms with Crippen LogP contribution in [0.15, 0.2) is 67.0 Å². The fourth-order valence-electron chi connectivity index (χ4n) is 3.74. The standard InChI is InChI=1S/C23H20N6O2/c1-15-22-17(26-23(30)19-13-24-20-10-3-4-12-28(19)20)8-6-9-18(22)29(27-15)14-16-7-5-11-21(25-16)31-2/h3-13H,14H2,1-2H3,(H,26,30). The number of pyridine rings is 2. The number of ether oxygens (including phenoxy) is 1. The number of imidazole rings is 1. The zero-order valence-corrected chi connectivity index (χ0v) is 17.1. The van der Waals surface area contributed by atoms with E-state index in [2.05, 4.69) is 20.4 Å². The summed E-state index contributed by atoms with van der Waals surface area (Å²) in [6.45, 7) is 2.42. The number of aromatic nitrogens is 5. The first-order chi connectivity index (χ1) is 15.1. The van der Waals surface area contributed by atoms with Crippen molar-refractivity contribution in [1.29, 1.82) is 0 Å². The first-order valence-corrected chi connectivity index (χ1v) is 9.83. The zero-order chi connectivity index (χ0) is 21.4. The molecule has 8 nitrogen and oxygen atoms in total. The average Bonchev–Trinajstić information content (AvgIpc) is 3.36. The molecular weight excluding hydrogens is 392 g/mol. The molecule has 31 heavy (non-hydrogen) atoms. The average molecular weight is 412 g/mol. The predicted octanol–water partition coefficient (Wildman–Crippen LogP) is 3.70. The maximum absolute atomic E-state index is 13.0. The number of nitrogens with one attached hydrogen (secondary N) is 1. The van der Waals surface area contributed by atoms with E-state index in [1.165, 1.54) is 0 Å². The molecule has 1 N–H and O–H groups in total. The van der Waals surface area contributed by atoms with E-state index < -0.39 is 0 Å². The SMILES string of the molecule is COc1cccc(Cn2nc(C)c3c(NC(=O)c4cnc5ccccn45)cccc32)n1. The number of anilines is 1. The van der Waals surface area contributed by atoms with Gasteiger partial charge in [0.2, 0.25) is 5.88 Å². The summed E-state index contributed by atoms with van der Waals surface area (Å²) in [6.07, 6.45) is 3.40. The van der Waals surface area contributed by atoms with E-state index in [-0.39, 0.29) is 5.91 Å². The molecule has 0 aliphatic heterocycles. The third kappa shape index (κ3) is 3.38. The van der Waals surface area contributed by atoms with Crippen LogP contribution in [0, 0.1) is 6.92 Å². The number of carbonyl (C=O) groups excluding carboxylic acids is 1. The van der Waals surface area contributed by atoms with Gasteiger partial charge < -0.3 is 10.1 Å². The van der Waals surface area contributed by atoms with Crippen molar-refractivity contribution in [2.75, 3.05) is 12.4 Å². The first kappa shape index (κ1) is 18.8. The van der Waals surface area contributed by atoms with E-state index in [4.69, 9.17) is 4.74 Å². The lowest BCUT2D eigenvalue weighted by Gasteiger charge is -2.08. The number of methoxy groups -OCH3 is 1. The lowest BCUT2D eigenvalue weighted by atomic mass is 10.1. The van der Waals surface area contributed by atoms with E-state index in [0.29, 0.717) is 23.8 Å². The Morgan fingerprint density at radius 1 is 1.10 bits per heavy atom. The van der Waals surface area contributed by atoms with E-state index in [9.17, 15) is 4.79 Å². The summed E-state index contributed by atoms with van der Waals surface area (Å²) in [7, 11) is 1.60. The number of aryl methyl sites for hydroxylation is 1. The highest BCUT2D eigenvalue weighted by atomic mass is 16.5. The number of amides is 1. The molecule has 8 heteroatoms. The van der Waals surface area contributed by atoms with Crippen molar-refractivity contribution in [3.05, 3.63) is 84.1 Å². The van der Waals surface area contributed by atoms with Gasteiger partial charge in [-0.25, -0.2) is 9.97 Å². The third-order valence-electron chi connectivity index (χ3n) is 5.15. The summed E-state index contributed by atoms with van der Waals surface area (Å²) in [5, 5.41) is 8.61. The van der Waals surface area contributed by atoms with Crippen LogP contribution in [0.5, 0.6) is 5.88 Å². The Kier molecular flexibility index (Phi) is 4.59. The Hall–Kier alpha value is -4.20. The van der Waals surface area contributed by atoms with Crippen molar-refractivity contribution in [2.45, 2.75) is 13.5 Å². The minimum Gasteiger partial charge on any atom is -0.481 e. The molecule has 5 aromatic rings. The highest BCUT2D eigenvalue weighted by Gasteiger charge is 2.17. The van der Waals surface area contributed by atoms with Crippen LogP contribution in [0.4, 0.5) is 5.69 Å². The molecule has 0 aliphatic carbocycles. The van der Waals surface area contributed by atoms with Gasteiger partial charge in [0.15, 0.2) is 0 Å². The molecule has 4 heterocycles. The summed E-state index contributed by atoms with van der Waals surface area (Å²) in [4.78, 5) is 21.8. The number of carbonyl (C=O) groups is 1. The highest BCUT2D eigenvalue weighted by Crippen LogP contribution is 2.28. The van der Waals surface area contributed by atoms with Gasteiger partial charge in [-0.2, -0.15) is 5.10 Å². The fourth-order valence-corrected chi connectivity index (χ4v) is 3.74. The molecule has 0 spiro atoms. The van der Waals surface area contributed by atoms with Gasteiger partial charge in [-0.05, 0) is 37.3 Å². The number of hydrogen-bond acceptors (Lipinski definition) is 5. The Morgan fingerprint density at radius 3 is 2.84 bits per heavy atom. The number of benzene rings is 1. The van der Waals surface area contributed by atoms with Crippen LogP contribution in [-0.4, -0.2) is 37.2 Å². The monoisotopic (exact) mass is 412 g/mol. The second-order valence-corrected chi connectivity index (χ2v) is 7.14. The molecule has 0 saturated carbocycles.